The number of rotatable bonds is 5. The van der Waals surface area contributed by atoms with E-state index < -0.39 is 0 Å². The predicted molar refractivity (Wildman–Crippen MR) is 71.5 cm³/mol. The Labute approximate surface area is 112 Å². The Balaban J connectivity index is 1.99. The highest BCUT2D eigenvalue weighted by molar-refractivity contribution is 5.76. The summed E-state index contributed by atoms with van der Waals surface area (Å²) in [7, 11) is 0. The predicted octanol–water partition coefficient (Wildman–Crippen LogP) is 1.49. The second-order valence-corrected chi connectivity index (χ2v) is 4.59. The summed E-state index contributed by atoms with van der Waals surface area (Å²) < 4.78 is 1.71. The first kappa shape index (κ1) is 13.3. The molecule has 2 N–H and O–H groups in total. The number of nitrogens with zero attached hydrogens (tertiary/aromatic N) is 3. The van der Waals surface area contributed by atoms with E-state index in [1.54, 1.807) is 17.1 Å². The molecule has 2 aromatic heterocycles. The zero-order valence-electron chi connectivity index (χ0n) is 11.5. The minimum Gasteiger partial charge on any atom is -0.347 e. The summed E-state index contributed by atoms with van der Waals surface area (Å²) in [5.41, 5.74) is 1.90. The Morgan fingerprint density at radius 3 is 2.84 bits per heavy atom. The second-order valence-electron chi connectivity index (χ2n) is 4.59. The minimum atomic E-state index is -0.0838. The third-order valence-corrected chi connectivity index (χ3v) is 2.99. The van der Waals surface area contributed by atoms with E-state index in [0.717, 1.165) is 23.6 Å². The minimum absolute atomic E-state index is 0.0607. The Morgan fingerprint density at radius 2 is 2.32 bits per heavy atom. The van der Waals surface area contributed by atoms with Gasteiger partial charge in [-0.25, -0.2) is 4.98 Å². The summed E-state index contributed by atoms with van der Waals surface area (Å²) >= 11 is 0. The van der Waals surface area contributed by atoms with Crippen molar-refractivity contribution in [1.82, 2.24) is 25.1 Å². The van der Waals surface area contributed by atoms with Gasteiger partial charge in [-0.2, -0.15) is 5.10 Å². The maximum Gasteiger partial charge on any atom is 0.242 e. The monoisotopic (exact) mass is 261 g/mol. The van der Waals surface area contributed by atoms with E-state index in [4.69, 9.17) is 0 Å². The van der Waals surface area contributed by atoms with Crippen LogP contribution in [0.5, 0.6) is 0 Å². The molecule has 2 aromatic rings. The second kappa shape index (κ2) is 5.69. The fourth-order valence-corrected chi connectivity index (χ4v) is 2.04. The highest BCUT2D eigenvalue weighted by Gasteiger charge is 2.15. The van der Waals surface area contributed by atoms with Crippen LogP contribution in [0.2, 0.25) is 0 Å². The summed E-state index contributed by atoms with van der Waals surface area (Å²) in [5.74, 6) is 0.721. The van der Waals surface area contributed by atoms with E-state index in [9.17, 15) is 4.79 Å². The van der Waals surface area contributed by atoms with Gasteiger partial charge in [0.25, 0.3) is 0 Å². The Kier molecular flexibility index (Phi) is 3.99. The third kappa shape index (κ3) is 3.21. The maximum atomic E-state index is 12.0. The van der Waals surface area contributed by atoms with E-state index in [1.807, 2.05) is 26.8 Å². The van der Waals surface area contributed by atoms with Gasteiger partial charge in [0.05, 0.1) is 11.7 Å². The van der Waals surface area contributed by atoms with Gasteiger partial charge < -0.3 is 10.3 Å². The molecule has 0 bridgehead atoms. The summed E-state index contributed by atoms with van der Waals surface area (Å²) in [6.45, 7) is 6.10. The molecule has 2 heterocycles. The molecule has 0 fully saturated rings. The van der Waals surface area contributed by atoms with Crippen LogP contribution < -0.4 is 5.32 Å². The number of hydrogen-bond donors (Lipinski definition) is 2. The smallest absolute Gasteiger partial charge is 0.242 e. The lowest BCUT2D eigenvalue weighted by molar-refractivity contribution is -0.122. The Bertz CT molecular complexity index is 543. The topological polar surface area (TPSA) is 75.6 Å². The lowest BCUT2D eigenvalue weighted by atomic mass is 10.2. The molecule has 1 amide bonds. The zero-order chi connectivity index (χ0) is 13.8. The number of aryl methyl sites for hydroxylation is 2. The number of aromatic amines is 1. The molecule has 0 saturated carbocycles. The maximum absolute atomic E-state index is 12.0. The number of H-pyrrole nitrogens is 1. The fourth-order valence-electron chi connectivity index (χ4n) is 2.04. The van der Waals surface area contributed by atoms with Gasteiger partial charge in [0.2, 0.25) is 5.91 Å². The number of amides is 1. The van der Waals surface area contributed by atoms with Gasteiger partial charge >= 0.3 is 0 Å². The largest absolute Gasteiger partial charge is 0.347 e. The van der Waals surface area contributed by atoms with Crippen molar-refractivity contribution in [3.63, 3.8) is 0 Å². The van der Waals surface area contributed by atoms with Crippen molar-refractivity contribution in [3.05, 3.63) is 35.7 Å². The van der Waals surface area contributed by atoms with Gasteiger partial charge in [-0.3, -0.25) is 9.48 Å². The van der Waals surface area contributed by atoms with Gasteiger partial charge in [0, 0.05) is 18.1 Å². The highest BCUT2D eigenvalue weighted by Crippen LogP contribution is 2.11. The van der Waals surface area contributed by atoms with Gasteiger partial charge in [-0.1, -0.05) is 6.92 Å². The van der Waals surface area contributed by atoms with Crippen molar-refractivity contribution in [2.75, 3.05) is 0 Å². The number of nitrogens with one attached hydrogen (secondary N) is 2. The van der Waals surface area contributed by atoms with Crippen LogP contribution in [0.1, 0.15) is 36.6 Å². The average Bonchev–Trinajstić information content (AvgIpc) is 2.97. The highest BCUT2D eigenvalue weighted by atomic mass is 16.2. The van der Waals surface area contributed by atoms with Crippen molar-refractivity contribution in [3.8, 4) is 0 Å². The van der Waals surface area contributed by atoms with E-state index in [0.29, 0.717) is 0 Å². The lowest BCUT2D eigenvalue weighted by Crippen LogP contribution is -2.32. The molecule has 0 aliphatic rings. The molecular formula is C13H19N5O. The SMILES string of the molecule is CCC(NC(=O)Cn1nc(C)cc1C)c1ncc[nH]1. The summed E-state index contributed by atoms with van der Waals surface area (Å²) in [5, 5.41) is 7.24. The van der Waals surface area contributed by atoms with Crippen molar-refractivity contribution >= 4 is 5.91 Å². The quantitative estimate of drug-likeness (QED) is 0.856. The van der Waals surface area contributed by atoms with Crippen LogP contribution in [0.4, 0.5) is 0 Å². The molecule has 0 saturated heterocycles. The van der Waals surface area contributed by atoms with Gasteiger partial charge in [-0.05, 0) is 26.3 Å². The Morgan fingerprint density at radius 1 is 1.53 bits per heavy atom. The van der Waals surface area contributed by atoms with Gasteiger partial charge in [0.1, 0.15) is 12.4 Å². The van der Waals surface area contributed by atoms with Crippen molar-refractivity contribution < 1.29 is 4.79 Å². The van der Waals surface area contributed by atoms with E-state index in [1.165, 1.54) is 0 Å². The van der Waals surface area contributed by atoms with Gasteiger partial charge in [0.15, 0.2) is 0 Å². The van der Waals surface area contributed by atoms with Crippen molar-refractivity contribution in [1.29, 1.82) is 0 Å². The average molecular weight is 261 g/mol. The fraction of sp³-hybridized carbons (Fsp3) is 0.462. The normalized spacial score (nSPS) is 12.4. The summed E-state index contributed by atoms with van der Waals surface area (Å²) in [6, 6.07) is 1.87. The molecule has 0 radical (unpaired) electrons. The van der Waals surface area contributed by atoms with Crippen LogP contribution in [0.25, 0.3) is 0 Å². The molecule has 2 rings (SSSR count). The molecule has 6 heteroatoms. The molecule has 6 nitrogen and oxygen atoms in total. The molecule has 0 aliphatic heterocycles. The molecule has 0 aliphatic carbocycles. The lowest BCUT2D eigenvalue weighted by Gasteiger charge is -2.15. The first-order valence-corrected chi connectivity index (χ1v) is 6.39. The molecular weight excluding hydrogens is 242 g/mol. The zero-order valence-corrected chi connectivity index (χ0v) is 11.5. The number of imidazole rings is 1. The van der Waals surface area contributed by atoms with Crippen molar-refractivity contribution in [2.45, 2.75) is 39.8 Å². The number of aromatic nitrogens is 4. The molecule has 1 atom stereocenters. The van der Waals surface area contributed by atoms with E-state index >= 15 is 0 Å². The molecule has 102 valence electrons. The first-order valence-electron chi connectivity index (χ1n) is 6.39. The number of hydrogen-bond acceptors (Lipinski definition) is 3. The molecule has 19 heavy (non-hydrogen) atoms. The number of carbonyl (C=O) groups is 1. The van der Waals surface area contributed by atoms with Crippen LogP contribution in [0.3, 0.4) is 0 Å². The van der Waals surface area contributed by atoms with Crippen LogP contribution in [0, 0.1) is 13.8 Å². The van der Waals surface area contributed by atoms with E-state index in [-0.39, 0.29) is 18.5 Å². The summed E-state index contributed by atoms with van der Waals surface area (Å²) in [4.78, 5) is 19.2. The molecule has 0 aromatic carbocycles. The van der Waals surface area contributed by atoms with E-state index in [2.05, 4.69) is 20.4 Å². The number of carbonyl (C=O) groups excluding carboxylic acids is 1. The molecule has 1 unspecified atom stereocenters. The summed E-state index contributed by atoms with van der Waals surface area (Å²) in [6.07, 6.45) is 4.23. The van der Waals surface area contributed by atoms with Crippen LogP contribution in [-0.4, -0.2) is 25.7 Å². The first-order chi connectivity index (χ1) is 9.10. The van der Waals surface area contributed by atoms with Gasteiger partial charge in [-0.15, -0.1) is 0 Å². The van der Waals surface area contributed by atoms with Crippen LogP contribution >= 0.6 is 0 Å². The standard InChI is InChI=1S/C13H19N5O/c1-4-11(13-14-5-6-15-13)16-12(19)8-18-10(3)7-9(2)17-18/h5-7,11H,4,8H2,1-3H3,(H,14,15)(H,16,19). The third-order valence-electron chi connectivity index (χ3n) is 2.99. The molecule has 0 spiro atoms. The Hall–Kier alpha value is -2.11. The van der Waals surface area contributed by atoms with Crippen molar-refractivity contribution in [2.24, 2.45) is 0 Å². The van der Waals surface area contributed by atoms with Crippen LogP contribution in [0.15, 0.2) is 18.5 Å². The van der Waals surface area contributed by atoms with Crippen LogP contribution in [-0.2, 0) is 11.3 Å².